The van der Waals surface area contributed by atoms with Gasteiger partial charge < -0.3 is 48.9 Å². The predicted octanol–water partition coefficient (Wildman–Crippen LogP) is 16.4. The minimum Gasteiger partial charge on any atom is -0.381 e. The van der Waals surface area contributed by atoms with Gasteiger partial charge in [-0.25, -0.2) is 0 Å². The van der Waals surface area contributed by atoms with Crippen LogP contribution in [-0.2, 0) is 38.0 Å². The average molecular weight is 1210 g/mol. The number of hydrogen-bond donors (Lipinski definition) is 2. The van der Waals surface area contributed by atoms with Crippen molar-refractivity contribution in [2.75, 3.05) is 105 Å². The molecule has 8 aliphatic rings. The monoisotopic (exact) mass is 1210 g/mol. The summed E-state index contributed by atoms with van der Waals surface area (Å²) in [6, 6.07) is 0. The van der Waals surface area contributed by atoms with Crippen LogP contribution in [0, 0.1) is 67.0 Å². The first-order chi connectivity index (χ1) is 39.0. The molecule has 8 heterocycles. The number of piperidine rings is 2. The van der Waals surface area contributed by atoms with E-state index >= 15 is 0 Å². The molecule has 0 saturated carbocycles. The molecule has 0 bridgehead atoms. The molecule has 506 valence electrons. The van der Waals surface area contributed by atoms with Crippen molar-refractivity contribution >= 4 is 11.8 Å². The number of nitrogens with zero attached hydrogens (tertiary/aromatic N) is 2. The van der Waals surface area contributed by atoms with E-state index in [1.165, 1.54) is 96.6 Å². The van der Waals surface area contributed by atoms with Crippen LogP contribution in [0.3, 0.4) is 0 Å². The molecular weight excluding hydrogens is 1060 g/mol. The third-order valence-electron chi connectivity index (χ3n) is 18.9. The van der Waals surface area contributed by atoms with Gasteiger partial charge in [0.05, 0.1) is 37.6 Å². The molecule has 0 spiro atoms. The summed E-state index contributed by atoms with van der Waals surface area (Å²) in [5.74, 6) is 3.60. The first kappa shape index (κ1) is 81.6. The van der Waals surface area contributed by atoms with Crippen LogP contribution in [0.15, 0.2) is 0 Å². The van der Waals surface area contributed by atoms with Crippen LogP contribution < -0.4 is 10.6 Å². The van der Waals surface area contributed by atoms with Gasteiger partial charge in [-0.2, -0.15) is 0 Å². The SMILES string of the molecule is CC(=O)N1CCCC(C(C)(C)C)C1.CC(=O)N1CCOC(C(C)(C)C)C1.CC(C)(C)C1CCCCO1.CC(C)(C)C1CCCNC1.CC(C)(C)C1CCCO1.CC(C)(C)C1CCCOC1.CC(C)(C)C1CCOCC1.CC(C)(C)C1CNCCO1. The van der Waals surface area contributed by atoms with Gasteiger partial charge in [-0.15, -0.1) is 0 Å². The molecule has 8 rings (SSSR count). The highest BCUT2D eigenvalue weighted by Crippen LogP contribution is 2.36. The second kappa shape index (κ2) is 38.5. The summed E-state index contributed by atoms with van der Waals surface area (Å²) in [6.07, 6.45) is 18.3. The summed E-state index contributed by atoms with van der Waals surface area (Å²) in [6.45, 7) is 72.7. The second-order valence-corrected chi connectivity index (χ2v) is 34.8. The molecule has 8 aliphatic heterocycles. The lowest BCUT2D eigenvalue weighted by atomic mass is 9.76. The number of rotatable bonds is 0. The molecule has 0 aromatic carbocycles. The van der Waals surface area contributed by atoms with Gasteiger partial charge in [0, 0.05) is 92.8 Å². The Kier molecular flexibility index (Phi) is 36.9. The normalized spacial score (nSPS) is 26.7. The standard InChI is InChI=1S/C11H21NO.C10H19NO2.C9H19N.3C9H18O.C8H17NO.C8H16O/c1-9(13)12-7-5-6-10(8-12)11(2,3)4;1-8(12)11-5-6-13-9(7-11)10(2,3)4;1-9(2,3)8-5-4-6-10-7-8;1-9(2,3)8-4-6-10-7-5-8;1-9(2,3)8-5-4-6-10-7-8;1-9(2,3)8-6-4-5-7-10-8;1-8(2,3)7-6-9-4-5-10-7;1-8(2,3)7-5-4-6-9-7/h10H,5-8H2,1-4H3;9H,5-7H2,1-4H3;8,10H,4-7H2,1-3H3;3*8H,4-7H2,1-3H3;7,9H,4-6H2,1-3H3;7H,4-6H2,1-3H3. The first-order valence-corrected chi connectivity index (χ1v) is 34.5. The maximum absolute atomic E-state index is 11.2. The summed E-state index contributed by atoms with van der Waals surface area (Å²) < 4.78 is 33.1. The van der Waals surface area contributed by atoms with E-state index in [1.807, 2.05) is 9.80 Å². The molecule has 2 N–H and O–H groups in total. The largest absolute Gasteiger partial charge is 0.381 e. The van der Waals surface area contributed by atoms with E-state index in [0.717, 1.165) is 103 Å². The zero-order chi connectivity index (χ0) is 65.1. The fourth-order valence-electron chi connectivity index (χ4n) is 11.8. The Morgan fingerprint density at radius 2 is 0.765 bits per heavy atom. The molecule has 0 aromatic rings. The van der Waals surface area contributed by atoms with Gasteiger partial charge >= 0.3 is 0 Å². The van der Waals surface area contributed by atoms with Crippen LogP contribution in [0.4, 0.5) is 0 Å². The van der Waals surface area contributed by atoms with Crippen molar-refractivity contribution in [2.45, 2.75) is 288 Å². The molecule has 7 unspecified atom stereocenters. The van der Waals surface area contributed by atoms with Crippen molar-refractivity contribution in [3.05, 3.63) is 0 Å². The van der Waals surface area contributed by atoms with E-state index in [0.29, 0.717) is 63.3 Å². The number of hydrogen-bond acceptors (Lipinski definition) is 10. The summed E-state index contributed by atoms with van der Waals surface area (Å²) in [5, 5.41) is 6.76. The minimum absolute atomic E-state index is 0.119. The van der Waals surface area contributed by atoms with Gasteiger partial charge in [0.15, 0.2) is 0 Å². The van der Waals surface area contributed by atoms with Gasteiger partial charge in [-0.3, -0.25) is 9.59 Å². The zero-order valence-corrected chi connectivity index (χ0v) is 61.3. The topological polar surface area (TPSA) is 120 Å². The number of morpholine rings is 2. The maximum atomic E-state index is 11.2. The highest BCUT2D eigenvalue weighted by atomic mass is 16.5. The molecule has 12 nitrogen and oxygen atoms in total. The lowest BCUT2D eigenvalue weighted by molar-refractivity contribution is -0.141. The number of ether oxygens (including phenoxy) is 6. The Bertz CT molecular complexity index is 1510. The summed E-state index contributed by atoms with van der Waals surface area (Å²) in [7, 11) is 0. The Morgan fingerprint density at radius 3 is 1.11 bits per heavy atom. The number of carbonyl (C=O) groups is 2. The number of likely N-dealkylation sites (tertiary alicyclic amines) is 1. The van der Waals surface area contributed by atoms with Crippen molar-refractivity contribution in [2.24, 2.45) is 67.0 Å². The Morgan fingerprint density at radius 1 is 0.329 bits per heavy atom. The third-order valence-corrected chi connectivity index (χ3v) is 18.9. The van der Waals surface area contributed by atoms with Crippen LogP contribution in [0.1, 0.15) is 263 Å². The molecule has 85 heavy (non-hydrogen) atoms. The first-order valence-electron chi connectivity index (χ1n) is 34.5. The van der Waals surface area contributed by atoms with E-state index in [-0.39, 0.29) is 28.7 Å². The predicted molar refractivity (Wildman–Crippen MR) is 360 cm³/mol. The summed E-state index contributed by atoms with van der Waals surface area (Å²) in [4.78, 5) is 26.2. The molecule has 12 heteroatoms. The zero-order valence-electron chi connectivity index (χ0n) is 61.3. The molecule has 7 atom stereocenters. The number of nitrogens with one attached hydrogen (secondary N) is 2. The third kappa shape index (κ3) is 36.3. The van der Waals surface area contributed by atoms with Crippen molar-refractivity contribution in [3.8, 4) is 0 Å². The number of carbonyl (C=O) groups excluding carboxylic acids is 2. The van der Waals surface area contributed by atoms with E-state index in [1.54, 1.807) is 13.8 Å². The molecular formula is C73H146N4O8. The van der Waals surface area contributed by atoms with Crippen molar-refractivity contribution in [1.82, 2.24) is 20.4 Å². The van der Waals surface area contributed by atoms with E-state index < -0.39 is 0 Å². The van der Waals surface area contributed by atoms with Crippen LogP contribution >= 0.6 is 0 Å². The average Bonchev–Trinajstić information content (AvgIpc) is 4.11. The lowest BCUT2D eigenvalue weighted by Crippen LogP contribution is -2.49. The summed E-state index contributed by atoms with van der Waals surface area (Å²) >= 11 is 0. The smallest absolute Gasteiger partial charge is 0.219 e. The van der Waals surface area contributed by atoms with E-state index in [2.05, 4.69) is 177 Å². The lowest BCUT2D eigenvalue weighted by Gasteiger charge is -2.39. The Hall–Kier alpha value is -1.38. The minimum atomic E-state index is 0.119. The van der Waals surface area contributed by atoms with Gasteiger partial charge in [0.1, 0.15) is 0 Å². The van der Waals surface area contributed by atoms with Gasteiger partial charge in [0.25, 0.3) is 0 Å². The molecule has 8 saturated heterocycles. The van der Waals surface area contributed by atoms with Crippen LogP contribution in [0.2, 0.25) is 0 Å². The highest BCUT2D eigenvalue weighted by molar-refractivity contribution is 5.73. The van der Waals surface area contributed by atoms with E-state index in [9.17, 15) is 9.59 Å². The fraction of sp³-hybridized carbons (Fsp3) is 0.973. The van der Waals surface area contributed by atoms with E-state index in [4.69, 9.17) is 28.4 Å². The summed E-state index contributed by atoms with van der Waals surface area (Å²) in [5.41, 5.74) is 2.89. The number of amides is 2. The molecule has 0 aromatic heterocycles. The maximum Gasteiger partial charge on any atom is 0.219 e. The molecule has 8 fully saturated rings. The quantitative estimate of drug-likeness (QED) is 0.243. The van der Waals surface area contributed by atoms with Crippen LogP contribution in [0.25, 0.3) is 0 Å². The van der Waals surface area contributed by atoms with Crippen LogP contribution in [-0.4, -0.2) is 151 Å². The molecule has 0 aliphatic carbocycles. The van der Waals surface area contributed by atoms with Crippen molar-refractivity contribution in [1.29, 1.82) is 0 Å². The van der Waals surface area contributed by atoms with Gasteiger partial charge in [-0.05, 0) is 164 Å². The van der Waals surface area contributed by atoms with Gasteiger partial charge in [-0.1, -0.05) is 166 Å². The highest BCUT2D eigenvalue weighted by Gasteiger charge is 2.34. The van der Waals surface area contributed by atoms with Gasteiger partial charge in [0.2, 0.25) is 11.8 Å². The van der Waals surface area contributed by atoms with Crippen molar-refractivity contribution < 1.29 is 38.0 Å². The Balaban J connectivity index is 0.000000487. The van der Waals surface area contributed by atoms with Crippen LogP contribution in [0.5, 0.6) is 0 Å². The molecule has 0 radical (unpaired) electrons. The molecule has 2 amide bonds. The second-order valence-electron chi connectivity index (χ2n) is 34.8. The van der Waals surface area contributed by atoms with Crippen molar-refractivity contribution in [3.63, 3.8) is 0 Å². The Labute approximate surface area is 528 Å². The fourth-order valence-corrected chi connectivity index (χ4v) is 11.8.